The summed E-state index contributed by atoms with van der Waals surface area (Å²) in [4.78, 5) is 25.9. The second-order valence-electron chi connectivity index (χ2n) is 7.97. The van der Waals surface area contributed by atoms with Gasteiger partial charge in [0.2, 0.25) is 5.91 Å². The molecule has 0 radical (unpaired) electrons. The van der Waals surface area contributed by atoms with Gasteiger partial charge in [0.05, 0.1) is 24.5 Å². The number of hydrogen-bond donors (Lipinski definition) is 0. The molecule has 1 amide bonds. The molecule has 1 aliphatic rings. The minimum Gasteiger partial charge on any atom is -0.491 e. The van der Waals surface area contributed by atoms with Crippen LogP contribution in [0.25, 0.3) is 10.8 Å². The summed E-state index contributed by atoms with van der Waals surface area (Å²) in [7, 11) is 0. The van der Waals surface area contributed by atoms with Crippen molar-refractivity contribution in [3.05, 3.63) is 77.6 Å². The van der Waals surface area contributed by atoms with E-state index in [1.807, 2.05) is 18.2 Å². The molecule has 1 fully saturated rings. The Morgan fingerprint density at radius 1 is 1.15 bits per heavy atom. The molecule has 1 atom stereocenters. The maximum atomic E-state index is 14.0. The van der Waals surface area contributed by atoms with Crippen LogP contribution in [0, 0.1) is 5.82 Å². The van der Waals surface area contributed by atoms with Crippen LogP contribution >= 0.6 is 11.8 Å². The molecule has 1 saturated heterocycles. The van der Waals surface area contributed by atoms with Gasteiger partial charge in [0, 0.05) is 18.4 Å². The second kappa shape index (κ2) is 10.8. The van der Waals surface area contributed by atoms with Gasteiger partial charge in [-0.05, 0) is 35.4 Å². The maximum Gasteiger partial charge on any atom is 0.232 e. The van der Waals surface area contributed by atoms with Gasteiger partial charge < -0.3 is 14.4 Å². The number of ketones is 1. The highest BCUT2D eigenvalue weighted by Crippen LogP contribution is 2.23. The molecule has 0 bridgehead atoms. The van der Waals surface area contributed by atoms with Crippen LogP contribution in [-0.4, -0.2) is 54.8 Å². The summed E-state index contributed by atoms with van der Waals surface area (Å²) in [6, 6.07) is 18.7. The van der Waals surface area contributed by atoms with Crippen molar-refractivity contribution in [1.82, 2.24) is 4.90 Å². The van der Waals surface area contributed by atoms with Crippen LogP contribution in [0.4, 0.5) is 4.39 Å². The lowest BCUT2D eigenvalue weighted by molar-refractivity contribution is -0.137. The molecule has 0 aliphatic carbocycles. The molecule has 3 aromatic carbocycles. The second-order valence-corrected chi connectivity index (χ2v) is 8.96. The first-order valence-electron chi connectivity index (χ1n) is 10.9. The van der Waals surface area contributed by atoms with Crippen molar-refractivity contribution in [3.8, 4) is 5.75 Å². The van der Waals surface area contributed by atoms with Gasteiger partial charge in [-0.3, -0.25) is 9.59 Å². The van der Waals surface area contributed by atoms with E-state index in [1.54, 1.807) is 22.7 Å². The molecule has 0 N–H and O–H groups in total. The zero-order valence-corrected chi connectivity index (χ0v) is 19.3. The number of halogens is 1. The molecular weight excluding hydrogens is 441 g/mol. The summed E-state index contributed by atoms with van der Waals surface area (Å²) in [5.74, 6) is 0.632. The van der Waals surface area contributed by atoms with Crippen molar-refractivity contribution in [3.63, 3.8) is 0 Å². The number of rotatable bonds is 8. The average Bonchev–Trinajstić information content (AvgIpc) is 2.83. The van der Waals surface area contributed by atoms with Crippen LogP contribution in [0.5, 0.6) is 5.75 Å². The van der Waals surface area contributed by atoms with Crippen molar-refractivity contribution in [1.29, 1.82) is 0 Å². The van der Waals surface area contributed by atoms with E-state index in [2.05, 4.69) is 24.3 Å². The molecule has 4 rings (SSSR count). The summed E-state index contributed by atoms with van der Waals surface area (Å²) >= 11 is 1.61. The Morgan fingerprint density at radius 2 is 1.97 bits per heavy atom. The Hall–Kier alpha value is -2.90. The number of benzene rings is 3. The van der Waals surface area contributed by atoms with Gasteiger partial charge in [-0.25, -0.2) is 4.39 Å². The topological polar surface area (TPSA) is 55.8 Å². The lowest BCUT2D eigenvalue weighted by Crippen LogP contribution is -2.48. The number of carbonyl (C=O) groups is 2. The van der Waals surface area contributed by atoms with Crippen molar-refractivity contribution in [2.24, 2.45) is 0 Å². The SMILES string of the molecule is CC(=O)c1ccc(OCC2CN(C(=O)CSCc3cccc4ccccc34)CCO2)cc1F. The molecule has 1 unspecified atom stereocenters. The quantitative estimate of drug-likeness (QED) is 0.449. The molecule has 0 saturated carbocycles. The normalized spacial score (nSPS) is 16.1. The summed E-state index contributed by atoms with van der Waals surface area (Å²) in [6.45, 7) is 2.94. The van der Waals surface area contributed by atoms with Crippen LogP contribution in [0.1, 0.15) is 22.8 Å². The van der Waals surface area contributed by atoms with Gasteiger partial charge in [0.15, 0.2) is 5.78 Å². The zero-order valence-electron chi connectivity index (χ0n) is 18.5. The van der Waals surface area contributed by atoms with Crippen molar-refractivity contribution >= 4 is 34.2 Å². The third-order valence-electron chi connectivity index (χ3n) is 5.61. The van der Waals surface area contributed by atoms with Gasteiger partial charge in [-0.2, -0.15) is 0 Å². The zero-order chi connectivity index (χ0) is 23.2. The highest BCUT2D eigenvalue weighted by Gasteiger charge is 2.25. The Balaban J connectivity index is 1.26. The van der Waals surface area contributed by atoms with Gasteiger partial charge in [0.25, 0.3) is 0 Å². The third kappa shape index (κ3) is 5.92. The number of ether oxygens (including phenoxy) is 2. The molecule has 0 spiro atoms. The number of carbonyl (C=O) groups excluding carboxylic acids is 2. The van der Waals surface area contributed by atoms with Crippen LogP contribution in [0.15, 0.2) is 60.7 Å². The highest BCUT2D eigenvalue weighted by atomic mass is 32.2. The molecule has 33 heavy (non-hydrogen) atoms. The minimum atomic E-state index is -0.607. The highest BCUT2D eigenvalue weighted by molar-refractivity contribution is 7.99. The number of amides is 1. The number of Topliss-reactive ketones (excluding diaryl/α,β-unsaturated/α-hetero) is 1. The summed E-state index contributed by atoms with van der Waals surface area (Å²) in [6.07, 6.45) is -0.290. The standard InChI is InChI=1S/C26H26FNO4S/c1-18(29)23-10-9-21(13-25(23)27)32-15-22-14-28(11-12-31-22)26(30)17-33-16-20-7-4-6-19-5-2-3-8-24(19)20/h2-10,13,22H,11-12,14-17H2,1H3. The molecule has 1 heterocycles. The molecule has 5 nitrogen and oxygen atoms in total. The van der Waals surface area contributed by atoms with Crippen LogP contribution in [0.3, 0.4) is 0 Å². The average molecular weight is 468 g/mol. The van der Waals surface area contributed by atoms with Crippen molar-refractivity contribution in [2.45, 2.75) is 18.8 Å². The number of nitrogens with zero attached hydrogens (tertiary/aromatic N) is 1. The Bertz CT molecular complexity index is 1150. The molecule has 0 aromatic heterocycles. The van der Waals surface area contributed by atoms with E-state index in [4.69, 9.17) is 9.47 Å². The number of thioether (sulfide) groups is 1. The first-order chi connectivity index (χ1) is 16.0. The van der Waals surface area contributed by atoms with E-state index in [-0.39, 0.29) is 30.0 Å². The molecule has 172 valence electrons. The van der Waals surface area contributed by atoms with Gasteiger partial charge in [-0.1, -0.05) is 42.5 Å². The fourth-order valence-electron chi connectivity index (χ4n) is 3.86. The van der Waals surface area contributed by atoms with Crippen LogP contribution < -0.4 is 4.74 Å². The number of morpholine rings is 1. The first-order valence-corrected chi connectivity index (χ1v) is 12.0. The minimum absolute atomic E-state index is 0.0361. The Kier molecular flexibility index (Phi) is 7.62. The predicted octanol–water partition coefficient (Wildman–Crippen LogP) is 4.72. The largest absolute Gasteiger partial charge is 0.491 e. The van der Waals surface area contributed by atoms with Gasteiger partial charge in [0.1, 0.15) is 24.3 Å². The summed E-state index contributed by atoms with van der Waals surface area (Å²) in [5.41, 5.74) is 1.26. The lowest BCUT2D eigenvalue weighted by atomic mass is 10.1. The van der Waals surface area contributed by atoms with Crippen LogP contribution in [-0.2, 0) is 15.3 Å². The number of hydrogen-bond acceptors (Lipinski definition) is 5. The first kappa shape index (κ1) is 23.3. The molecular formula is C26H26FNO4S. The van der Waals surface area contributed by atoms with E-state index >= 15 is 0 Å². The lowest BCUT2D eigenvalue weighted by Gasteiger charge is -2.32. The fourth-order valence-corrected chi connectivity index (χ4v) is 4.80. The molecule has 7 heteroatoms. The van der Waals surface area contributed by atoms with Crippen LogP contribution in [0.2, 0.25) is 0 Å². The van der Waals surface area contributed by atoms with Gasteiger partial charge in [-0.15, -0.1) is 11.8 Å². The maximum absolute atomic E-state index is 14.0. The third-order valence-corrected chi connectivity index (χ3v) is 6.58. The Morgan fingerprint density at radius 3 is 2.79 bits per heavy atom. The van der Waals surface area contributed by atoms with E-state index < -0.39 is 5.82 Å². The Labute approximate surface area is 196 Å². The van der Waals surface area contributed by atoms with Crippen molar-refractivity contribution in [2.75, 3.05) is 32.1 Å². The fraction of sp³-hybridized carbons (Fsp3) is 0.308. The number of fused-ring (bicyclic) bond motifs is 1. The molecule has 3 aromatic rings. The van der Waals surface area contributed by atoms with E-state index in [0.717, 1.165) is 5.75 Å². The van der Waals surface area contributed by atoms with E-state index in [9.17, 15) is 14.0 Å². The predicted molar refractivity (Wildman–Crippen MR) is 128 cm³/mol. The molecule has 1 aliphatic heterocycles. The van der Waals surface area contributed by atoms with Gasteiger partial charge >= 0.3 is 0 Å². The summed E-state index contributed by atoms with van der Waals surface area (Å²) < 4.78 is 25.3. The van der Waals surface area contributed by atoms with Crippen molar-refractivity contribution < 1.29 is 23.5 Å². The van der Waals surface area contributed by atoms with E-state index in [0.29, 0.717) is 31.2 Å². The smallest absolute Gasteiger partial charge is 0.232 e. The monoisotopic (exact) mass is 467 g/mol. The summed E-state index contributed by atoms with van der Waals surface area (Å²) in [5, 5.41) is 2.42. The van der Waals surface area contributed by atoms with E-state index in [1.165, 1.54) is 35.4 Å².